The summed E-state index contributed by atoms with van der Waals surface area (Å²) in [7, 11) is 0. The van der Waals surface area contributed by atoms with Gasteiger partial charge in [-0.05, 0) is 38.5 Å². The zero-order valence-electron chi connectivity index (χ0n) is 12.3. The lowest BCUT2D eigenvalue weighted by Gasteiger charge is -2.12. The molecule has 2 N–H and O–H groups in total. The maximum absolute atomic E-state index is 11.9. The average Bonchev–Trinajstić information content (AvgIpc) is 2.43. The molecule has 0 saturated carbocycles. The summed E-state index contributed by atoms with van der Waals surface area (Å²) in [5.41, 5.74) is 8.38. The van der Waals surface area contributed by atoms with E-state index in [2.05, 4.69) is 4.98 Å². The molecular weight excluding hydrogens is 268 g/mol. The van der Waals surface area contributed by atoms with Crippen LogP contribution in [0.1, 0.15) is 28.4 Å². The van der Waals surface area contributed by atoms with Crippen molar-refractivity contribution in [1.29, 1.82) is 0 Å². The summed E-state index contributed by atoms with van der Waals surface area (Å²) in [6.07, 6.45) is 1.45. The lowest BCUT2D eigenvalue weighted by molar-refractivity contribution is 0.0522. The normalized spacial score (nSPS) is 10.2. The van der Waals surface area contributed by atoms with Gasteiger partial charge in [0.25, 0.3) is 0 Å². The van der Waals surface area contributed by atoms with Crippen molar-refractivity contribution in [2.75, 3.05) is 12.3 Å². The van der Waals surface area contributed by atoms with Crippen LogP contribution in [0, 0.1) is 13.8 Å². The lowest BCUT2D eigenvalue weighted by Crippen LogP contribution is -2.08. The Kier molecular flexibility index (Phi) is 4.42. The van der Waals surface area contributed by atoms with E-state index in [-0.39, 0.29) is 18.1 Å². The van der Waals surface area contributed by atoms with Crippen molar-refractivity contribution in [3.8, 4) is 11.6 Å². The van der Waals surface area contributed by atoms with E-state index < -0.39 is 5.97 Å². The fourth-order valence-corrected chi connectivity index (χ4v) is 1.92. The molecule has 0 bridgehead atoms. The van der Waals surface area contributed by atoms with Gasteiger partial charge < -0.3 is 15.2 Å². The van der Waals surface area contributed by atoms with E-state index in [1.54, 1.807) is 6.92 Å². The van der Waals surface area contributed by atoms with Gasteiger partial charge in [-0.1, -0.05) is 17.7 Å². The number of nitrogens with two attached hydrogens (primary N) is 1. The number of aryl methyl sites for hydroxylation is 2. The fraction of sp³-hybridized carbons (Fsp3) is 0.250. The highest BCUT2D eigenvalue weighted by Crippen LogP contribution is 2.28. The van der Waals surface area contributed by atoms with Crippen LogP contribution < -0.4 is 10.5 Å². The molecule has 110 valence electrons. The Bertz CT molecular complexity index is 669. The monoisotopic (exact) mass is 286 g/mol. The Morgan fingerprint density at radius 1 is 1.29 bits per heavy atom. The highest BCUT2D eigenvalue weighted by atomic mass is 16.5. The van der Waals surface area contributed by atoms with Gasteiger partial charge in [0.15, 0.2) is 0 Å². The molecule has 0 fully saturated rings. The van der Waals surface area contributed by atoms with Crippen LogP contribution in [0.2, 0.25) is 0 Å². The smallest absolute Gasteiger partial charge is 0.343 e. The molecule has 2 aromatic rings. The fourth-order valence-electron chi connectivity index (χ4n) is 1.92. The molecule has 0 aliphatic heterocycles. The molecule has 1 heterocycles. The Balaban J connectivity index is 2.37. The van der Waals surface area contributed by atoms with Crippen molar-refractivity contribution in [2.45, 2.75) is 20.8 Å². The average molecular weight is 286 g/mol. The van der Waals surface area contributed by atoms with Gasteiger partial charge in [0.2, 0.25) is 5.88 Å². The number of hydrogen-bond donors (Lipinski definition) is 1. The first-order valence-electron chi connectivity index (χ1n) is 6.69. The number of rotatable bonds is 4. The van der Waals surface area contributed by atoms with E-state index in [0.717, 1.165) is 11.1 Å². The van der Waals surface area contributed by atoms with Crippen molar-refractivity contribution in [3.05, 3.63) is 47.2 Å². The second-order valence-electron chi connectivity index (χ2n) is 4.71. The molecule has 2 rings (SSSR count). The molecule has 0 aliphatic rings. The first-order chi connectivity index (χ1) is 10.0. The van der Waals surface area contributed by atoms with Crippen LogP contribution in [0.4, 0.5) is 5.69 Å². The molecule has 0 atom stereocenters. The number of esters is 1. The number of pyridine rings is 1. The van der Waals surface area contributed by atoms with Crippen molar-refractivity contribution in [3.63, 3.8) is 0 Å². The quantitative estimate of drug-likeness (QED) is 0.873. The van der Waals surface area contributed by atoms with Crippen molar-refractivity contribution in [1.82, 2.24) is 4.98 Å². The third-order valence-electron chi connectivity index (χ3n) is 2.90. The number of hydrogen-bond acceptors (Lipinski definition) is 5. The molecule has 21 heavy (non-hydrogen) atoms. The minimum atomic E-state index is -0.503. The van der Waals surface area contributed by atoms with Crippen LogP contribution in [0.5, 0.6) is 11.6 Å². The number of ether oxygens (including phenoxy) is 2. The minimum Gasteiger partial charge on any atom is -0.462 e. The van der Waals surface area contributed by atoms with E-state index in [0.29, 0.717) is 11.4 Å². The van der Waals surface area contributed by atoms with Crippen LogP contribution >= 0.6 is 0 Å². The molecule has 0 spiro atoms. The molecule has 1 aromatic carbocycles. The molecule has 0 saturated heterocycles. The summed E-state index contributed by atoms with van der Waals surface area (Å²) in [6.45, 7) is 5.95. The highest BCUT2D eigenvalue weighted by Gasteiger charge is 2.17. The Labute approximate surface area is 123 Å². The molecule has 1 aromatic heterocycles. The summed E-state index contributed by atoms with van der Waals surface area (Å²) in [6, 6.07) is 7.28. The van der Waals surface area contributed by atoms with Gasteiger partial charge in [-0.3, -0.25) is 0 Å². The number of carbonyl (C=O) groups excluding carboxylic acids is 1. The molecule has 0 radical (unpaired) electrons. The van der Waals surface area contributed by atoms with Crippen molar-refractivity contribution in [2.24, 2.45) is 0 Å². The molecule has 5 nitrogen and oxygen atoms in total. The second kappa shape index (κ2) is 6.26. The number of carbonyl (C=O) groups is 1. The van der Waals surface area contributed by atoms with Gasteiger partial charge in [0.1, 0.15) is 11.3 Å². The predicted molar refractivity (Wildman–Crippen MR) is 80.6 cm³/mol. The van der Waals surface area contributed by atoms with E-state index in [4.69, 9.17) is 15.2 Å². The Hall–Kier alpha value is -2.56. The summed E-state index contributed by atoms with van der Waals surface area (Å²) in [4.78, 5) is 16.0. The Morgan fingerprint density at radius 2 is 2.05 bits per heavy atom. The van der Waals surface area contributed by atoms with Gasteiger partial charge in [0.05, 0.1) is 18.5 Å². The van der Waals surface area contributed by atoms with Crippen LogP contribution in [0.3, 0.4) is 0 Å². The molecule has 0 aliphatic carbocycles. The van der Waals surface area contributed by atoms with Gasteiger partial charge in [-0.2, -0.15) is 0 Å². The standard InChI is InChI=1S/C16H18N2O3/c1-4-20-16(19)13-8-12(17)9-18-15(13)21-14-6-5-10(2)7-11(14)3/h5-9H,4,17H2,1-3H3. The summed E-state index contributed by atoms with van der Waals surface area (Å²) >= 11 is 0. The molecule has 0 amide bonds. The molecule has 0 unspecified atom stereocenters. The zero-order chi connectivity index (χ0) is 15.4. The zero-order valence-corrected chi connectivity index (χ0v) is 12.3. The summed E-state index contributed by atoms with van der Waals surface area (Å²) in [5.74, 6) is 0.329. The van der Waals surface area contributed by atoms with Gasteiger partial charge >= 0.3 is 5.97 Å². The highest BCUT2D eigenvalue weighted by molar-refractivity contribution is 5.92. The van der Waals surface area contributed by atoms with E-state index in [1.807, 2.05) is 32.0 Å². The molecule has 5 heteroatoms. The predicted octanol–water partition coefficient (Wildman–Crippen LogP) is 3.25. The third kappa shape index (κ3) is 3.51. The third-order valence-corrected chi connectivity index (χ3v) is 2.90. The molecular formula is C16H18N2O3. The van der Waals surface area contributed by atoms with Gasteiger partial charge in [-0.25, -0.2) is 9.78 Å². The summed E-state index contributed by atoms with van der Waals surface area (Å²) in [5, 5.41) is 0. The van der Waals surface area contributed by atoms with E-state index >= 15 is 0 Å². The first kappa shape index (κ1) is 14.8. The maximum Gasteiger partial charge on any atom is 0.343 e. The topological polar surface area (TPSA) is 74.4 Å². The van der Waals surface area contributed by atoms with Crippen LogP contribution in [-0.2, 0) is 4.74 Å². The number of aromatic nitrogens is 1. The Morgan fingerprint density at radius 3 is 2.71 bits per heavy atom. The number of nitrogens with zero attached hydrogens (tertiary/aromatic N) is 1. The van der Waals surface area contributed by atoms with Gasteiger partial charge in [0, 0.05) is 0 Å². The van der Waals surface area contributed by atoms with Crippen LogP contribution in [-0.4, -0.2) is 17.6 Å². The number of nitrogen functional groups attached to an aromatic ring is 1. The lowest BCUT2D eigenvalue weighted by atomic mass is 10.1. The van der Waals surface area contributed by atoms with Crippen molar-refractivity contribution >= 4 is 11.7 Å². The number of benzene rings is 1. The van der Waals surface area contributed by atoms with Gasteiger partial charge in [-0.15, -0.1) is 0 Å². The maximum atomic E-state index is 11.9. The second-order valence-corrected chi connectivity index (χ2v) is 4.71. The van der Waals surface area contributed by atoms with E-state index in [9.17, 15) is 4.79 Å². The number of anilines is 1. The minimum absolute atomic E-state index is 0.189. The van der Waals surface area contributed by atoms with Crippen LogP contribution in [0.25, 0.3) is 0 Å². The first-order valence-corrected chi connectivity index (χ1v) is 6.69. The van der Waals surface area contributed by atoms with E-state index in [1.165, 1.54) is 12.3 Å². The summed E-state index contributed by atoms with van der Waals surface area (Å²) < 4.78 is 10.7. The van der Waals surface area contributed by atoms with Crippen molar-refractivity contribution < 1.29 is 14.3 Å². The largest absolute Gasteiger partial charge is 0.462 e. The van der Waals surface area contributed by atoms with Crippen LogP contribution in [0.15, 0.2) is 30.5 Å². The SMILES string of the molecule is CCOC(=O)c1cc(N)cnc1Oc1ccc(C)cc1C.